The second kappa shape index (κ2) is 7.60. The Morgan fingerprint density at radius 3 is 1.93 bits per heavy atom. The second-order valence-electron chi connectivity index (χ2n) is 6.46. The number of carbonyl (C=O) groups is 1. The molecule has 0 atom stereocenters. The molecule has 0 saturated heterocycles. The lowest BCUT2D eigenvalue weighted by Gasteiger charge is -2.32. The summed E-state index contributed by atoms with van der Waals surface area (Å²) in [6.07, 6.45) is 0. The molecule has 0 aliphatic carbocycles. The third-order valence-electron chi connectivity index (χ3n) is 4.40. The maximum Gasteiger partial charge on any atom is 0.321 e. The van der Waals surface area contributed by atoms with Gasteiger partial charge in [-0.2, -0.15) is 0 Å². The molecule has 3 aromatic carbocycles. The Balaban J connectivity index is 2.25. The van der Waals surface area contributed by atoms with Crippen LogP contribution in [0.4, 0.5) is 14.9 Å². The molecule has 0 radical (unpaired) electrons. The summed E-state index contributed by atoms with van der Waals surface area (Å²) < 4.78 is 14.2. The quantitative estimate of drug-likeness (QED) is 0.682. The molecule has 3 aromatic rings. The summed E-state index contributed by atoms with van der Waals surface area (Å²) in [7, 11) is 3.22. The first-order valence-electron chi connectivity index (χ1n) is 8.54. The van der Waals surface area contributed by atoms with Crippen LogP contribution < -0.4 is 5.32 Å². The summed E-state index contributed by atoms with van der Waals surface area (Å²) in [6, 6.07) is 21.6. The van der Waals surface area contributed by atoms with Crippen molar-refractivity contribution in [3.8, 4) is 0 Å². The SMILES string of the molecule is CN(C)C(=O)Nc1ccc(F)cc1C(O)(c1ccccc1)c1ccccc1. The van der Waals surface area contributed by atoms with Gasteiger partial charge in [-0.25, -0.2) is 9.18 Å². The van der Waals surface area contributed by atoms with Gasteiger partial charge in [-0.3, -0.25) is 0 Å². The number of nitrogens with zero attached hydrogens (tertiary/aromatic N) is 1. The van der Waals surface area contributed by atoms with Crippen molar-refractivity contribution in [2.24, 2.45) is 0 Å². The molecule has 0 aliphatic rings. The van der Waals surface area contributed by atoms with Crippen LogP contribution >= 0.6 is 0 Å². The predicted molar refractivity (Wildman–Crippen MR) is 104 cm³/mol. The highest BCUT2D eigenvalue weighted by molar-refractivity contribution is 5.90. The number of halogens is 1. The van der Waals surface area contributed by atoms with Crippen molar-refractivity contribution in [3.05, 3.63) is 101 Å². The minimum Gasteiger partial charge on any atom is -0.376 e. The van der Waals surface area contributed by atoms with E-state index < -0.39 is 11.4 Å². The van der Waals surface area contributed by atoms with Gasteiger partial charge >= 0.3 is 6.03 Å². The molecule has 0 heterocycles. The number of carbonyl (C=O) groups excluding carboxylic acids is 1. The summed E-state index contributed by atoms with van der Waals surface area (Å²) in [4.78, 5) is 13.6. The second-order valence-corrected chi connectivity index (χ2v) is 6.46. The predicted octanol–water partition coefficient (Wildman–Crippen LogP) is 4.20. The molecule has 0 aromatic heterocycles. The summed E-state index contributed by atoms with van der Waals surface area (Å²) in [5.74, 6) is -0.502. The Kier molecular flexibility index (Phi) is 5.23. The molecule has 0 saturated carbocycles. The average Bonchev–Trinajstić information content (AvgIpc) is 2.70. The van der Waals surface area contributed by atoms with Crippen LogP contribution in [-0.2, 0) is 5.60 Å². The summed E-state index contributed by atoms with van der Waals surface area (Å²) >= 11 is 0. The fraction of sp³-hybridized carbons (Fsp3) is 0.136. The number of hydrogen-bond acceptors (Lipinski definition) is 2. The van der Waals surface area contributed by atoms with E-state index in [1.807, 2.05) is 12.1 Å². The van der Waals surface area contributed by atoms with Gasteiger partial charge in [0.25, 0.3) is 0 Å². The van der Waals surface area contributed by atoms with E-state index in [-0.39, 0.29) is 11.6 Å². The topological polar surface area (TPSA) is 52.6 Å². The van der Waals surface area contributed by atoms with Gasteiger partial charge in [-0.1, -0.05) is 60.7 Å². The molecule has 2 N–H and O–H groups in total. The highest BCUT2D eigenvalue weighted by Gasteiger charge is 2.36. The Bertz CT molecular complexity index is 888. The van der Waals surface area contributed by atoms with E-state index in [0.29, 0.717) is 16.8 Å². The standard InChI is InChI=1S/C22H21FN2O2/c1-25(2)21(26)24-20-14-13-18(23)15-19(20)22(27,16-9-5-3-6-10-16)17-11-7-4-8-12-17/h3-15,27H,1-2H3,(H,24,26). The van der Waals surface area contributed by atoms with Crippen LogP contribution in [0.2, 0.25) is 0 Å². The summed E-state index contributed by atoms with van der Waals surface area (Å²) in [5, 5.41) is 14.6. The summed E-state index contributed by atoms with van der Waals surface area (Å²) in [6.45, 7) is 0. The summed E-state index contributed by atoms with van der Waals surface area (Å²) in [5.41, 5.74) is 0.101. The van der Waals surface area contributed by atoms with Crippen molar-refractivity contribution in [2.75, 3.05) is 19.4 Å². The molecule has 0 spiro atoms. The van der Waals surface area contributed by atoms with E-state index in [1.54, 1.807) is 62.6 Å². The van der Waals surface area contributed by atoms with Gasteiger partial charge in [0.1, 0.15) is 11.4 Å². The fourth-order valence-electron chi connectivity index (χ4n) is 2.99. The van der Waals surface area contributed by atoms with Crippen LogP contribution in [-0.4, -0.2) is 30.1 Å². The maximum absolute atomic E-state index is 14.2. The van der Waals surface area contributed by atoms with Gasteiger partial charge in [0.15, 0.2) is 0 Å². The van der Waals surface area contributed by atoms with Gasteiger partial charge < -0.3 is 15.3 Å². The Labute approximate surface area is 157 Å². The van der Waals surface area contributed by atoms with Crippen molar-refractivity contribution in [2.45, 2.75) is 5.60 Å². The molecule has 2 amide bonds. The first-order chi connectivity index (χ1) is 12.9. The average molecular weight is 364 g/mol. The zero-order valence-electron chi connectivity index (χ0n) is 15.2. The van der Waals surface area contributed by atoms with E-state index in [2.05, 4.69) is 5.32 Å². The Hall–Kier alpha value is -3.18. The van der Waals surface area contributed by atoms with Gasteiger partial charge in [-0.15, -0.1) is 0 Å². The molecule has 0 aliphatic heterocycles. The largest absolute Gasteiger partial charge is 0.376 e. The third kappa shape index (κ3) is 3.68. The Morgan fingerprint density at radius 1 is 0.926 bits per heavy atom. The molecule has 3 rings (SSSR count). The van der Waals surface area contributed by atoms with Crippen LogP contribution in [0.3, 0.4) is 0 Å². The number of amides is 2. The zero-order chi connectivity index (χ0) is 19.4. The molecular formula is C22H21FN2O2. The fourth-order valence-corrected chi connectivity index (χ4v) is 2.99. The number of benzene rings is 3. The van der Waals surface area contributed by atoms with E-state index in [1.165, 1.54) is 23.1 Å². The van der Waals surface area contributed by atoms with Crippen LogP contribution in [0.5, 0.6) is 0 Å². The third-order valence-corrected chi connectivity index (χ3v) is 4.40. The van der Waals surface area contributed by atoms with Gasteiger partial charge in [0.05, 0.1) is 0 Å². The number of anilines is 1. The van der Waals surface area contributed by atoms with Crippen molar-refractivity contribution >= 4 is 11.7 Å². The molecule has 4 nitrogen and oxygen atoms in total. The van der Waals surface area contributed by atoms with Gasteiger partial charge in [0.2, 0.25) is 0 Å². The molecule has 0 fully saturated rings. The van der Waals surface area contributed by atoms with Crippen LogP contribution in [0, 0.1) is 5.82 Å². The van der Waals surface area contributed by atoms with Crippen molar-refractivity contribution in [1.29, 1.82) is 0 Å². The van der Waals surface area contributed by atoms with E-state index in [0.717, 1.165) is 0 Å². The van der Waals surface area contributed by atoms with Crippen molar-refractivity contribution in [3.63, 3.8) is 0 Å². The number of hydrogen-bond donors (Lipinski definition) is 2. The minimum atomic E-state index is -1.64. The number of rotatable bonds is 4. The molecule has 0 unspecified atom stereocenters. The number of aliphatic hydroxyl groups is 1. The molecule has 27 heavy (non-hydrogen) atoms. The highest BCUT2D eigenvalue weighted by Crippen LogP contribution is 2.40. The van der Waals surface area contributed by atoms with E-state index >= 15 is 0 Å². The Morgan fingerprint density at radius 2 is 1.44 bits per heavy atom. The van der Waals surface area contributed by atoms with Gasteiger partial charge in [0, 0.05) is 25.3 Å². The lowest BCUT2D eigenvalue weighted by Crippen LogP contribution is -2.33. The monoisotopic (exact) mass is 364 g/mol. The first-order valence-corrected chi connectivity index (χ1v) is 8.54. The van der Waals surface area contributed by atoms with Crippen molar-refractivity contribution in [1.82, 2.24) is 4.90 Å². The van der Waals surface area contributed by atoms with E-state index in [4.69, 9.17) is 0 Å². The van der Waals surface area contributed by atoms with Crippen LogP contribution in [0.15, 0.2) is 78.9 Å². The normalized spacial score (nSPS) is 11.1. The lowest BCUT2D eigenvalue weighted by molar-refractivity contribution is 0.126. The maximum atomic E-state index is 14.2. The van der Waals surface area contributed by atoms with Crippen LogP contribution in [0.25, 0.3) is 0 Å². The van der Waals surface area contributed by atoms with Crippen molar-refractivity contribution < 1.29 is 14.3 Å². The molecule has 138 valence electrons. The van der Waals surface area contributed by atoms with E-state index in [9.17, 15) is 14.3 Å². The minimum absolute atomic E-state index is 0.259. The first kappa shape index (κ1) is 18.6. The number of nitrogens with one attached hydrogen (secondary N) is 1. The molecule has 0 bridgehead atoms. The number of urea groups is 1. The van der Waals surface area contributed by atoms with Gasteiger partial charge in [-0.05, 0) is 29.3 Å². The smallest absolute Gasteiger partial charge is 0.321 e. The van der Waals surface area contributed by atoms with Crippen LogP contribution in [0.1, 0.15) is 16.7 Å². The highest BCUT2D eigenvalue weighted by atomic mass is 19.1. The molecular weight excluding hydrogens is 343 g/mol. The zero-order valence-corrected chi connectivity index (χ0v) is 15.2. The molecule has 5 heteroatoms. The lowest BCUT2D eigenvalue weighted by atomic mass is 9.79.